The fraction of sp³-hybridized carbons (Fsp3) is 0.0179. The Kier molecular flexibility index (Phi) is 8.09. The number of aromatic nitrogens is 1. The van der Waals surface area contributed by atoms with Crippen LogP contribution in [0.15, 0.2) is 228 Å². The minimum Gasteiger partial charge on any atom is -0.247 e. The van der Waals surface area contributed by atoms with Gasteiger partial charge in [-0.05, 0) is 99.1 Å². The molecule has 1 N–H and O–H groups in total. The molecule has 1 spiro atoms. The van der Waals surface area contributed by atoms with Crippen LogP contribution in [0, 0.1) is 0 Å². The summed E-state index contributed by atoms with van der Waals surface area (Å²) in [6.45, 7) is 0. The van der Waals surface area contributed by atoms with Gasteiger partial charge in [-0.25, -0.2) is 9.88 Å². The molecule has 282 valence electrons. The third kappa shape index (κ3) is 5.07. The van der Waals surface area contributed by atoms with Gasteiger partial charge in [-0.1, -0.05) is 176 Å². The summed E-state index contributed by atoms with van der Waals surface area (Å²) in [7, 11) is -2.81. The van der Waals surface area contributed by atoms with E-state index in [1.807, 2.05) is 72.4 Å². The standard InChI is InChI=1S/C56H37NOPS/c58-59(40-15-3-1-4-16-40,41-17-5-2-6-18-41)42-33-31-38(32-34-42)37-27-29-39(30-28-37)55-45-35-36-49-54(53(45)44-20-8-12-24-50(44)57-55)43-19-7-9-21-46(43)56(49)47-22-10-13-25-51(47)60-52-26-14-11-23-48(52)56/h1-36,58H/q+1. The lowest BCUT2D eigenvalue weighted by atomic mass is 9.67. The Labute approximate surface area is 354 Å². The Morgan fingerprint density at radius 3 is 1.55 bits per heavy atom. The number of hydrogen-bond donors (Lipinski definition) is 1. The maximum atomic E-state index is 12.5. The molecule has 1 aliphatic heterocycles. The summed E-state index contributed by atoms with van der Waals surface area (Å²) in [6.07, 6.45) is 0. The Bertz CT molecular complexity index is 3210. The molecule has 2 heterocycles. The third-order valence-electron chi connectivity index (χ3n) is 12.7. The van der Waals surface area contributed by atoms with Crippen LogP contribution in [0.4, 0.5) is 0 Å². The third-order valence-corrected chi connectivity index (χ3v) is 17.0. The second-order valence-electron chi connectivity index (χ2n) is 15.7. The lowest BCUT2D eigenvalue weighted by molar-refractivity contribution is 0.633. The quantitative estimate of drug-likeness (QED) is 0.139. The predicted octanol–water partition coefficient (Wildman–Crippen LogP) is 12.8. The van der Waals surface area contributed by atoms with E-state index in [0.29, 0.717) is 0 Å². The van der Waals surface area contributed by atoms with E-state index in [1.54, 1.807) is 0 Å². The summed E-state index contributed by atoms with van der Waals surface area (Å²) in [5.74, 6) is 0. The number of hydrogen-bond acceptors (Lipinski definition) is 3. The van der Waals surface area contributed by atoms with E-state index >= 15 is 0 Å². The van der Waals surface area contributed by atoms with Crippen molar-refractivity contribution in [2.75, 3.05) is 0 Å². The number of rotatable bonds is 5. The molecule has 60 heavy (non-hydrogen) atoms. The van der Waals surface area contributed by atoms with Crippen molar-refractivity contribution in [2.45, 2.75) is 15.2 Å². The molecule has 12 rings (SSSR count). The topological polar surface area (TPSA) is 33.1 Å². The second kappa shape index (κ2) is 13.7. The first-order valence-electron chi connectivity index (χ1n) is 20.4. The van der Waals surface area contributed by atoms with Gasteiger partial charge in [0.15, 0.2) is 0 Å². The zero-order valence-corrected chi connectivity index (χ0v) is 34.2. The molecule has 10 aromatic rings. The van der Waals surface area contributed by atoms with Gasteiger partial charge in [0, 0.05) is 31.5 Å². The molecule has 0 unspecified atom stereocenters. The molecule has 1 aliphatic carbocycles. The first kappa shape index (κ1) is 35.3. The fourth-order valence-electron chi connectivity index (χ4n) is 10.0. The number of pyridine rings is 1. The van der Waals surface area contributed by atoms with Gasteiger partial charge in [-0.2, -0.15) is 0 Å². The van der Waals surface area contributed by atoms with Gasteiger partial charge in [0.25, 0.3) is 0 Å². The van der Waals surface area contributed by atoms with Crippen LogP contribution < -0.4 is 15.9 Å². The number of para-hydroxylation sites is 1. The van der Waals surface area contributed by atoms with Gasteiger partial charge in [-0.15, -0.1) is 0 Å². The summed E-state index contributed by atoms with van der Waals surface area (Å²) in [4.78, 5) is 20.5. The van der Waals surface area contributed by atoms with E-state index in [-0.39, 0.29) is 0 Å². The normalized spacial score (nSPS) is 13.5. The van der Waals surface area contributed by atoms with Crippen LogP contribution in [0.5, 0.6) is 0 Å². The molecular weight excluding hydrogens is 766 g/mol. The van der Waals surface area contributed by atoms with Crippen LogP contribution in [0.2, 0.25) is 0 Å². The second-order valence-corrected chi connectivity index (χ2v) is 19.6. The molecule has 0 saturated carbocycles. The highest BCUT2D eigenvalue weighted by Crippen LogP contribution is 2.63. The molecule has 0 radical (unpaired) electrons. The van der Waals surface area contributed by atoms with Crippen LogP contribution >= 0.6 is 19.3 Å². The molecule has 0 amide bonds. The summed E-state index contributed by atoms with van der Waals surface area (Å²) < 4.78 is 0. The van der Waals surface area contributed by atoms with Gasteiger partial charge in [-0.3, -0.25) is 0 Å². The van der Waals surface area contributed by atoms with Gasteiger partial charge in [0.1, 0.15) is 15.9 Å². The monoisotopic (exact) mass is 802 g/mol. The molecule has 2 nitrogen and oxygen atoms in total. The van der Waals surface area contributed by atoms with Crippen molar-refractivity contribution in [3.63, 3.8) is 0 Å². The van der Waals surface area contributed by atoms with Crippen molar-refractivity contribution in [3.05, 3.63) is 241 Å². The maximum absolute atomic E-state index is 12.5. The highest BCUT2D eigenvalue weighted by atomic mass is 32.2. The van der Waals surface area contributed by atoms with Crippen molar-refractivity contribution in [2.24, 2.45) is 0 Å². The Morgan fingerprint density at radius 2 is 0.900 bits per heavy atom. The molecule has 1 aromatic heterocycles. The molecule has 4 heteroatoms. The smallest absolute Gasteiger partial charge is 0.238 e. The van der Waals surface area contributed by atoms with E-state index in [4.69, 9.17) is 4.98 Å². The first-order valence-corrected chi connectivity index (χ1v) is 23.0. The molecule has 0 atom stereocenters. The lowest BCUT2D eigenvalue weighted by Crippen LogP contribution is -2.31. The summed E-state index contributed by atoms with van der Waals surface area (Å²) in [6, 6.07) is 77.9. The largest absolute Gasteiger partial charge is 0.247 e. The molecular formula is C56H37NOPS+. The van der Waals surface area contributed by atoms with Gasteiger partial charge < -0.3 is 0 Å². The SMILES string of the molecule is O[P+](c1ccccc1)(c1ccccc1)c1ccc(-c2ccc(-c3nc4ccccc4c4c5c(ccc34)C3(c4ccccc4Sc4ccccc43)c3ccccc3-5)cc2)cc1. The Morgan fingerprint density at radius 1 is 0.400 bits per heavy atom. The predicted molar refractivity (Wildman–Crippen MR) is 252 cm³/mol. The van der Waals surface area contributed by atoms with E-state index in [1.165, 1.54) is 48.6 Å². The van der Waals surface area contributed by atoms with Crippen LogP contribution in [-0.2, 0) is 5.41 Å². The van der Waals surface area contributed by atoms with Crippen molar-refractivity contribution >= 4 is 56.8 Å². The average Bonchev–Trinajstić information content (AvgIpc) is 3.62. The van der Waals surface area contributed by atoms with Crippen molar-refractivity contribution in [1.29, 1.82) is 0 Å². The van der Waals surface area contributed by atoms with Gasteiger partial charge in [0.2, 0.25) is 7.49 Å². The minimum atomic E-state index is -2.81. The first-order chi connectivity index (χ1) is 29.6. The van der Waals surface area contributed by atoms with Crippen molar-refractivity contribution in [3.8, 4) is 33.5 Å². The Balaban J connectivity index is 1.01. The van der Waals surface area contributed by atoms with Crippen LogP contribution in [-0.4, -0.2) is 9.88 Å². The summed E-state index contributed by atoms with van der Waals surface area (Å²) in [5.41, 5.74) is 12.7. The zero-order chi connectivity index (χ0) is 39.8. The zero-order valence-electron chi connectivity index (χ0n) is 32.5. The van der Waals surface area contributed by atoms with E-state index in [0.717, 1.165) is 54.6 Å². The van der Waals surface area contributed by atoms with Crippen LogP contribution in [0.25, 0.3) is 55.2 Å². The maximum Gasteiger partial charge on any atom is 0.238 e. The van der Waals surface area contributed by atoms with Gasteiger partial charge >= 0.3 is 0 Å². The van der Waals surface area contributed by atoms with E-state index < -0.39 is 12.9 Å². The molecule has 0 saturated heterocycles. The number of fused-ring (bicyclic) bond motifs is 13. The highest BCUT2D eigenvalue weighted by molar-refractivity contribution is 7.99. The highest BCUT2D eigenvalue weighted by Gasteiger charge is 2.51. The van der Waals surface area contributed by atoms with Crippen molar-refractivity contribution in [1.82, 2.24) is 4.98 Å². The number of benzene rings is 9. The minimum absolute atomic E-state index is 0.444. The van der Waals surface area contributed by atoms with E-state index in [9.17, 15) is 4.89 Å². The Hall–Kier alpha value is -6.61. The molecule has 0 fully saturated rings. The van der Waals surface area contributed by atoms with Gasteiger partial charge in [0.05, 0.1) is 16.6 Å². The number of nitrogens with zero attached hydrogens (tertiary/aromatic N) is 1. The van der Waals surface area contributed by atoms with Crippen molar-refractivity contribution < 1.29 is 4.89 Å². The molecule has 2 aliphatic rings. The molecule has 9 aromatic carbocycles. The van der Waals surface area contributed by atoms with E-state index in [2.05, 4.69) is 158 Å². The average molecular weight is 803 g/mol. The van der Waals surface area contributed by atoms with Crippen LogP contribution in [0.1, 0.15) is 22.3 Å². The fourth-order valence-corrected chi connectivity index (χ4v) is 13.9. The molecule has 0 bridgehead atoms. The summed E-state index contributed by atoms with van der Waals surface area (Å²) in [5, 5.41) is 6.38. The lowest BCUT2D eigenvalue weighted by Gasteiger charge is -2.39. The van der Waals surface area contributed by atoms with Crippen LogP contribution in [0.3, 0.4) is 0 Å². The summed E-state index contributed by atoms with van der Waals surface area (Å²) >= 11 is 1.88.